The second-order valence-corrected chi connectivity index (χ2v) is 17.1. The fourth-order valence-electron chi connectivity index (χ4n) is 7.48. The first kappa shape index (κ1) is 48.7. The molecule has 2 aromatic heterocycles. The number of aromatic nitrogens is 5. The first-order valence-corrected chi connectivity index (χ1v) is 21.0. The lowest BCUT2D eigenvalue weighted by atomic mass is 9.81. The number of amides is 4. The van der Waals surface area contributed by atoms with Gasteiger partial charge in [-0.05, 0) is 145 Å². The number of tetrazole rings is 1. The Labute approximate surface area is 368 Å². The van der Waals surface area contributed by atoms with Crippen LogP contribution in [-0.2, 0) is 25.5 Å². The summed E-state index contributed by atoms with van der Waals surface area (Å²) in [5.41, 5.74) is 10.9. The van der Waals surface area contributed by atoms with Crippen LogP contribution in [-0.4, -0.2) is 116 Å². The summed E-state index contributed by atoms with van der Waals surface area (Å²) in [5, 5.41) is 27.2. The number of halogens is 3. The molecule has 20 heteroatoms. The molecule has 17 nitrogen and oxygen atoms in total. The number of aliphatic carboxylic acids is 1. The molecule has 1 saturated heterocycles. The zero-order chi connectivity index (χ0) is 46.8. The Morgan fingerprint density at radius 2 is 1.53 bits per heavy atom. The number of hydrogen-bond acceptors (Lipinski definition) is 12. The number of alkyl carbamates (subject to hydrolysis) is 1. The van der Waals surface area contributed by atoms with Crippen LogP contribution in [0.4, 0.5) is 23.7 Å². The number of carboxylic acids is 1. The number of pyridine rings is 1. The Balaban J connectivity index is 0.00000102. The van der Waals surface area contributed by atoms with Gasteiger partial charge in [-0.15, -0.1) is 10.2 Å². The number of imide groups is 1. The average Bonchev–Trinajstić information content (AvgIpc) is 3.79. The summed E-state index contributed by atoms with van der Waals surface area (Å²) in [4.78, 5) is 70.6. The van der Waals surface area contributed by atoms with Gasteiger partial charge in [0, 0.05) is 35.3 Å². The number of ether oxygens (including phenoxy) is 1. The van der Waals surface area contributed by atoms with Crippen LogP contribution in [0.5, 0.6) is 0 Å². The van der Waals surface area contributed by atoms with Crippen molar-refractivity contribution in [2.24, 2.45) is 17.6 Å². The fraction of sp³-hybridized carbons (Fsp3) is 0.477. The molecular formula is C44H55F3N10O7. The van der Waals surface area contributed by atoms with E-state index in [2.05, 4.69) is 48.2 Å². The summed E-state index contributed by atoms with van der Waals surface area (Å²) in [6.45, 7) is 9.71. The Morgan fingerprint density at radius 3 is 2.08 bits per heavy atom. The van der Waals surface area contributed by atoms with E-state index in [-0.39, 0.29) is 30.2 Å². The fourth-order valence-corrected chi connectivity index (χ4v) is 7.48. The first-order chi connectivity index (χ1) is 30.2. The molecule has 344 valence electrons. The molecule has 1 aliphatic carbocycles. The number of piperidine rings is 1. The second kappa shape index (κ2) is 21.4. The molecule has 6 N–H and O–H groups in total. The lowest BCUT2D eigenvalue weighted by Gasteiger charge is -2.32. The highest BCUT2D eigenvalue weighted by atomic mass is 19.4. The number of carbonyl (C=O) groups is 5. The molecule has 1 atom stereocenters. The molecule has 0 bridgehead atoms. The Bertz CT molecular complexity index is 2220. The number of anilines is 1. The Kier molecular flexibility index (Phi) is 16.3. The number of carboxylic acid groups (broad SMARTS) is 1. The summed E-state index contributed by atoms with van der Waals surface area (Å²) in [6.07, 6.45) is -0.929. The third-order valence-corrected chi connectivity index (χ3v) is 11.0. The van der Waals surface area contributed by atoms with Crippen LogP contribution < -0.4 is 21.3 Å². The van der Waals surface area contributed by atoms with Gasteiger partial charge in [-0.25, -0.2) is 19.5 Å². The SMILES string of the molecule is Cc1nc(C(=O)NC2CCN(C)CC2)ccc1-c1ccc(C[C@H](N)C(=O)N(C(=O)C2CCC(CNC(=O)OC(C)(C)C)CC2)c2ccc(-c3nn[nH]n3)cc2)cc1.O=C(O)C(F)(F)F. The minimum absolute atomic E-state index is 0.149. The third-order valence-electron chi connectivity index (χ3n) is 11.0. The highest BCUT2D eigenvalue weighted by Gasteiger charge is 2.38. The number of nitrogens with two attached hydrogens (primary N) is 1. The van der Waals surface area contributed by atoms with Crippen LogP contribution in [0.3, 0.4) is 0 Å². The molecule has 1 saturated carbocycles. The minimum Gasteiger partial charge on any atom is -0.475 e. The van der Waals surface area contributed by atoms with Gasteiger partial charge in [0.15, 0.2) is 0 Å². The van der Waals surface area contributed by atoms with Crippen molar-refractivity contribution < 1.29 is 47.0 Å². The van der Waals surface area contributed by atoms with Crippen molar-refractivity contribution in [2.75, 3.05) is 31.6 Å². The van der Waals surface area contributed by atoms with Gasteiger partial charge in [0.05, 0.1) is 11.7 Å². The normalized spacial score (nSPS) is 17.6. The number of nitrogens with zero attached hydrogens (tertiary/aromatic N) is 6. The third kappa shape index (κ3) is 13.9. The van der Waals surface area contributed by atoms with E-state index in [1.165, 1.54) is 4.90 Å². The van der Waals surface area contributed by atoms with E-state index in [0.717, 1.165) is 48.3 Å². The number of likely N-dealkylation sites (tertiary alicyclic amines) is 1. The van der Waals surface area contributed by atoms with Crippen LogP contribution in [0.25, 0.3) is 22.5 Å². The van der Waals surface area contributed by atoms with E-state index in [1.54, 1.807) is 30.3 Å². The van der Waals surface area contributed by atoms with Crippen molar-refractivity contribution >= 4 is 35.5 Å². The molecule has 4 amide bonds. The smallest absolute Gasteiger partial charge is 0.475 e. The zero-order valence-electron chi connectivity index (χ0n) is 36.4. The lowest BCUT2D eigenvalue weighted by molar-refractivity contribution is -0.192. The number of carbonyl (C=O) groups excluding carboxylic acids is 4. The van der Waals surface area contributed by atoms with E-state index >= 15 is 0 Å². The Morgan fingerprint density at radius 1 is 0.922 bits per heavy atom. The molecule has 64 heavy (non-hydrogen) atoms. The second-order valence-electron chi connectivity index (χ2n) is 17.1. The number of alkyl halides is 3. The summed E-state index contributed by atoms with van der Waals surface area (Å²) in [7, 11) is 2.09. The largest absolute Gasteiger partial charge is 0.490 e. The predicted molar refractivity (Wildman–Crippen MR) is 230 cm³/mol. The summed E-state index contributed by atoms with van der Waals surface area (Å²) < 4.78 is 37.1. The standard InChI is InChI=1S/C42H54N10O5.C2HF3O2/c1-26-34(18-19-36(45-26)38(53)46-32-20-22-51(5)23-21-32)29-10-6-27(7-11-29)24-35(43)40(55)52(33-16-14-30(15-17-33)37-47-49-50-48-37)39(54)31-12-8-28(9-13-31)25-44-41(56)57-42(2,3)4;3-2(4,5)1(6)7/h6-7,10-11,14-19,28,31-32,35H,8-9,12-13,20-25,43H2,1-5H3,(H,44,56)(H,46,53)(H,47,48,49,50);(H,6,7)/t28?,31?,35-;/m0./s1. The molecule has 4 aromatic rings. The van der Waals surface area contributed by atoms with E-state index in [9.17, 15) is 32.3 Å². The molecular weight excluding hydrogens is 838 g/mol. The number of benzene rings is 2. The van der Waals surface area contributed by atoms with Crippen LogP contribution in [0.1, 0.15) is 81.0 Å². The summed E-state index contributed by atoms with van der Waals surface area (Å²) in [5.74, 6) is -3.53. The van der Waals surface area contributed by atoms with E-state index < -0.39 is 41.7 Å². The van der Waals surface area contributed by atoms with Gasteiger partial charge in [-0.2, -0.15) is 18.4 Å². The molecule has 2 fully saturated rings. The maximum atomic E-state index is 14.2. The molecule has 2 aromatic carbocycles. The highest BCUT2D eigenvalue weighted by Crippen LogP contribution is 2.32. The van der Waals surface area contributed by atoms with Crippen molar-refractivity contribution in [1.82, 2.24) is 41.1 Å². The average molecular weight is 893 g/mol. The number of hydrogen-bond donors (Lipinski definition) is 5. The molecule has 1 aliphatic heterocycles. The number of H-pyrrole nitrogens is 1. The molecule has 0 radical (unpaired) electrons. The number of aryl methyl sites for hydroxylation is 1. The lowest BCUT2D eigenvalue weighted by Crippen LogP contribution is -2.50. The number of nitrogens with one attached hydrogen (secondary N) is 3. The molecule has 2 aliphatic rings. The monoisotopic (exact) mass is 892 g/mol. The van der Waals surface area contributed by atoms with Gasteiger partial charge in [0.25, 0.3) is 11.8 Å². The zero-order valence-corrected chi connectivity index (χ0v) is 36.4. The topological polar surface area (TPSA) is 239 Å². The minimum atomic E-state index is -5.08. The van der Waals surface area contributed by atoms with Gasteiger partial charge >= 0.3 is 18.2 Å². The maximum absolute atomic E-state index is 14.2. The van der Waals surface area contributed by atoms with Gasteiger partial charge in [0.1, 0.15) is 11.3 Å². The number of aromatic amines is 1. The van der Waals surface area contributed by atoms with Crippen molar-refractivity contribution in [3.05, 3.63) is 77.6 Å². The Hall–Kier alpha value is -6.28. The van der Waals surface area contributed by atoms with Crippen molar-refractivity contribution in [2.45, 2.75) is 96.5 Å². The van der Waals surface area contributed by atoms with E-state index in [4.69, 9.17) is 20.4 Å². The first-order valence-electron chi connectivity index (χ1n) is 21.0. The van der Waals surface area contributed by atoms with Crippen LogP contribution in [0, 0.1) is 18.8 Å². The maximum Gasteiger partial charge on any atom is 0.490 e. The van der Waals surface area contributed by atoms with Crippen LogP contribution >= 0.6 is 0 Å². The van der Waals surface area contributed by atoms with E-state index in [0.29, 0.717) is 55.0 Å². The van der Waals surface area contributed by atoms with Crippen molar-refractivity contribution in [3.63, 3.8) is 0 Å². The van der Waals surface area contributed by atoms with Gasteiger partial charge in [0.2, 0.25) is 11.7 Å². The highest BCUT2D eigenvalue weighted by molar-refractivity contribution is 6.17. The molecule has 0 spiro atoms. The van der Waals surface area contributed by atoms with Gasteiger partial charge < -0.3 is 31.1 Å². The summed E-state index contributed by atoms with van der Waals surface area (Å²) >= 11 is 0. The predicted octanol–water partition coefficient (Wildman–Crippen LogP) is 5.46. The van der Waals surface area contributed by atoms with Crippen LogP contribution in [0.2, 0.25) is 0 Å². The quantitative estimate of drug-likeness (QED) is 0.126. The summed E-state index contributed by atoms with van der Waals surface area (Å²) in [6, 6.07) is 17.4. The van der Waals surface area contributed by atoms with Crippen molar-refractivity contribution in [3.8, 4) is 22.5 Å². The van der Waals surface area contributed by atoms with Crippen LogP contribution in [0.15, 0.2) is 60.7 Å². The molecule has 3 heterocycles. The molecule has 6 rings (SSSR count). The van der Waals surface area contributed by atoms with Gasteiger partial charge in [-0.3, -0.25) is 14.4 Å². The number of rotatable bonds is 11. The van der Waals surface area contributed by atoms with E-state index in [1.807, 2.05) is 58.0 Å². The molecule has 0 unspecified atom stereocenters. The van der Waals surface area contributed by atoms with Gasteiger partial charge in [-0.1, -0.05) is 30.3 Å². The van der Waals surface area contributed by atoms with Crippen molar-refractivity contribution in [1.29, 1.82) is 0 Å².